The van der Waals surface area contributed by atoms with Gasteiger partial charge in [0.15, 0.2) is 11.8 Å². The van der Waals surface area contributed by atoms with Gasteiger partial charge < -0.3 is 14.9 Å². The number of ether oxygens (including phenoxy) is 1. The summed E-state index contributed by atoms with van der Waals surface area (Å²) in [5.41, 5.74) is 4.35. The summed E-state index contributed by atoms with van der Waals surface area (Å²) in [4.78, 5) is 20.0. The normalized spacial score (nSPS) is 24.1. The van der Waals surface area contributed by atoms with Crippen molar-refractivity contribution < 1.29 is 19.7 Å². The number of carbonyl (C=O) groups excluding carboxylic acids is 1. The molecule has 3 fully saturated rings. The Balaban J connectivity index is 1.38. The van der Waals surface area contributed by atoms with Crippen LogP contribution in [-0.2, 0) is 11.8 Å². The molecule has 2 N–H and O–H groups in total. The molecule has 2 heterocycles. The summed E-state index contributed by atoms with van der Waals surface area (Å²) in [6.45, 7) is 3.67. The number of benzene rings is 1. The first kappa shape index (κ1) is 26.3. The van der Waals surface area contributed by atoms with E-state index < -0.39 is 6.29 Å². The van der Waals surface area contributed by atoms with Crippen LogP contribution in [0.25, 0.3) is 11.0 Å². The van der Waals surface area contributed by atoms with Crippen molar-refractivity contribution in [1.29, 1.82) is 0 Å². The first-order valence-corrected chi connectivity index (χ1v) is 14.5. The summed E-state index contributed by atoms with van der Waals surface area (Å²) in [7, 11) is 1.86. The van der Waals surface area contributed by atoms with E-state index in [-0.39, 0.29) is 29.8 Å². The highest BCUT2D eigenvalue weighted by molar-refractivity contribution is 9.10. The molecule has 2 aromatic heterocycles. The maximum Gasteiger partial charge on any atom is 0.308 e. The van der Waals surface area contributed by atoms with Crippen molar-refractivity contribution in [2.75, 3.05) is 4.90 Å². The first-order chi connectivity index (χ1) is 18.7. The number of aliphatic hydroxyl groups is 2. The van der Waals surface area contributed by atoms with Gasteiger partial charge in [-0.25, -0.2) is 4.98 Å². The second-order valence-electron chi connectivity index (χ2n) is 11.2. The molecule has 3 unspecified atom stereocenters. The number of aromatic nitrogens is 3. The number of anilines is 2. The molecule has 9 heteroatoms. The van der Waals surface area contributed by atoms with E-state index in [1.807, 2.05) is 32.2 Å². The zero-order chi connectivity index (χ0) is 27.4. The number of aryl methyl sites for hydroxylation is 2. The molecule has 1 aromatic carbocycles. The lowest BCUT2D eigenvalue weighted by molar-refractivity contribution is -0.123. The number of pyridine rings is 1. The van der Waals surface area contributed by atoms with Crippen LogP contribution in [0.2, 0.25) is 0 Å². The Labute approximate surface area is 236 Å². The lowest BCUT2D eigenvalue weighted by Crippen LogP contribution is -2.38. The zero-order valence-electron chi connectivity index (χ0n) is 22.4. The molecule has 0 spiro atoms. The quantitative estimate of drug-likeness (QED) is 0.305. The smallest absolute Gasteiger partial charge is 0.308 e. The summed E-state index contributed by atoms with van der Waals surface area (Å²) in [6, 6.07) is 7.91. The summed E-state index contributed by atoms with van der Waals surface area (Å²) >= 11 is 3.66. The minimum atomic E-state index is -1.28. The van der Waals surface area contributed by atoms with E-state index in [4.69, 9.17) is 9.72 Å². The minimum Gasteiger partial charge on any atom is -0.472 e. The maximum atomic E-state index is 13.5. The predicted octanol–water partition coefficient (Wildman–Crippen LogP) is 5.10. The monoisotopic (exact) mass is 592 g/mol. The lowest BCUT2D eigenvalue weighted by atomic mass is 9.77. The lowest BCUT2D eigenvalue weighted by Gasteiger charge is -2.35. The van der Waals surface area contributed by atoms with Gasteiger partial charge in [0.1, 0.15) is 11.9 Å². The van der Waals surface area contributed by atoms with Gasteiger partial charge in [0, 0.05) is 17.4 Å². The molecule has 204 valence electrons. The van der Waals surface area contributed by atoms with Gasteiger partial charge in [-0.2, -0.15) is 0 Å². The van der Waals surface area contributed by atoms with Gasteiger partial charge in [-0.05, 0) is 111 Å². The minimum absolute atomic E-state index is 0.0691. The highest BCUT2D eigenvalue weighted by Crippen LogP contribution is 2.49. The van der Waals surface area contributed by atoms with E-state index in [9.17, 15) is 15.0 Å². The van der Waals surface area contributed by atoms with Gasteiger partial charge in [0.2, 0.25) is 0 Å². The number of amides is 1. The molecule has 3 aliphatic carbocycles. The van der Waals surface area contributed by atoms with Crippen LogP contribution in [0.3, 0.4) is 0 Å². The van der Waals surface area contributed by atoms with E-state index in [1.54, 1.807) is 16.5 Å². The Bertz CT molecular complexity index is 1490. The third kappa shape index (κ3) is 4.83. The summed E-state index contributed by atoms with van der Waals surface area (Å²) in [5, 5.41) is 24.4. The molecule has 3 saturated carbocycles. The van der Waals surface area contributed by atoms with Crippen LogP contribution in [0.15, 0.2) is 28.7 Å². The van der Waals surface area contributed by atoms with Crippen molar-refractivity contribution in [2.45, 2.75) is 70.7 Å². The Kier molecular flexibility index (Phi) is 6.90. The Morgan fingerprint density at radius 3 is 2.54 bits per heavy atom. The third-order valence-electron chi connectivity index (χ3n) is 8.63. The van der Waals surface area contributed by atoms with Crippen LogP contribution >= 0.6 is 15.9 Å². The number of hydrogen-bond acceptors (Lipinski definition) is 6. The summed E-state index contributed by atoms with van der Waals surface area (Å²) in [6.07, 6.45) is 4.34. The fourth-order valence-electron chi connectivity index (χ4n) is 6.66. The Morgan fingerprint density at radius 1 is 1.18 bits per heavy atom. The maximum absolute atomic E-state index is 13.5. The molecule has 0 radical (unpaired) electrons. The number of aliphatic hydroxyl groups excluding tert-OH is 1. The van der Waals surface area contributed by atoms with Gasteiger partial charge in [-0.1, -0.05) is 21.9 Å². The van der Waals surface area contributed by atoms with Gasteiger partial charge in [-0.15, -0.1) is 5.10 Å². The molecule has 2 bridgehead atoms. The van der Waals surface area contributed by atoms with Gasteiger partial charge in [-0.3, -0.25) is 14.4 Å². The van der Waals surface area contributed by atoms with Crippen molar-refractivity contribution in [3.63, 3.8) is 0 Å². The second-order valence-corrected chi connectivity index (χ2v) is 12.1. The standard InChI is InChI=1S/C30H33BrN4O4/c1-4-5-26(36)35(24-12-16(2)22(31)15-21(24)17-6-7-17)25-11-10-23-28(32-25)29(33-34(23)3)39-20-13-18-8-9-19(14-20)27(18)30(37)38/h10-12,15,17-20,27,30,37-38H,6-9,13-14H2,1-3H3/t18-,19?,20?,27?/m1/s1. The average Bonchev–Trinajstić information content (AvgIpc) is 3.64. The van der Waals surface area contributed by atoms with E-state index in [1.165, 1.54) is 0 Å². The van der Waals surface area contributed by atoms with Crippen molar-refractivity contribution in [3.05, 3.63) is 39.9 Å². The first-order valence-electron chi connectivity index (χ1n) is 13.7. The van der Waals surface area contributed by atoms with Crippen molar-refractivity contribution in [1.82, 2.24) is 14.8 Å². The van der Waals surface area contributed by atoms with Gasteiger partial charge >= 0.3 is 5.91 Å². The van der Waals surface area contributed by atoms with Crippen LogP contribution in [0.4, 0.5) is 11.5 Å². The van der Waals surface area contributed by atoms with Gasteiger partial charge in [0.25, 0.3) is 5.88 Å². The molecular formula is C30H33BrN4O4. The number of halogens is 1. The Morgan fingerprint density at radius 2 is 1.90 bits per heavy atom. The number of carbonyl (C=O) groups is 1. The molecule has 3 aromatic rings. The van der Waals surface area contributed by atoms with Gasteiger partial charge in [0.05, 0.1) is 11.2 Å². The Hall–Kier alpha value is -2.93. The van der Waals surface area contributed by atoms with Crippen LogP contribution in [-0.4, -0.2) is 43.3 Å². The highest BCUT2D eigenvalue weighted by atomic mass is 79.9. The molecule has 39 heavy (non-hydrogen) atoms. The van der Waals surface area contributed by atoms with Crippen LogP contribution in [0.5, 0.6) is 5.88 Å². The molecule has 0 aliphatic heterocycles. The predicted molar refractivity (Wildman–Crippen MR) is 152 cm³/mol. The molecule has 6 rings (SSSR count). The van der Waals surface area contributed by atoms with E-state index in [2.05, 4.69) is 38.9 Å². The van der Waals surface area contributed by atoms with Crippen molar-refractivity contribution in [3.8, 4) is 17.7 Å². The molecule has 3 aliphatic rings. The van der Waals surface area contributed by atoms with E-state index >= 15 is 0 Å². The SMILES string of the molecule is CC#CC(=O)N(c1ccc2c(n1)c(OC1CC3CC[C@H](C1)C3C(O)O)nn2C)c1cc(C)c(Br)cc1C1CC1. The topological polar surface area (TPSA) is 101 Å². The summed E-state index contributed by atoms with van der Waals surface area (Å²) in [5.74, 6) is 6.84. The fourth-order valence-corrected chi connectivity index (χ4v) is 7.02. The van der Waals surface area contributed by atoms with E-state index in [0.717, 1.165) is 65.3 Å². The van der Waals surface area contributed by atoms with Crippen molar-refractivity contribution >= 4 is 44.4 Å². The summed E-state index contributed by atoms with van der Waals surface area (Å²) < 4.78 is 9.22. The fraction of sp³-hybridized carbons (Fsp3) is 0.500. The number of rotatable bonds is 6. The van der Waals surface area contributed by atoms with Crippen molar-refractivity contribution in [2.24, 2.45) is 24.8 Å². The van der Waals surface area contributed by atoms with Crippen LogP contribution < -0.4 is 9.64 Å². The number of nitrogens with zero attached hydrogens (tertiary/aromatic N) is 4. The second kappa shape index (κ2) is 10.2. The number of hydrogen-bond donors (Lipinski definition) is 2. The molecule has 1 amide bonds. The molecule has 0 saturated heterocycles. The third-order valence-corrected chi connectivity index (χ3v) is 9.49. The average molecular weight is 594 g/mol. The van der Waals surface area contributed by atoms with Crippen LogP contribution in [0.1, 0.15) is 62.5 Å². The van der Waals surface area contributed by atoms with Crippen LogP contribution in [0, 0.1) is 36.5 Å². The highest BCUT2D eigenvalue weighted by Gasteiger charge is 2.46. The number of fused-ring (bicyclic) bond motifs is 3. The molecule has 8 nitrogen and oxygen atoms in total. The molecule has 4 atom stereocenters. The van der Waals surface area contributed by atoms with E-state index in [0.29, 0.717) is 23.1 Å². The largest absolute Gasteiger partial charge is 0.472 e. The molecular weight excluding hydrogens is 560 g/mol. The zero-order valence-corrected chi connectivity index (χ0v) is 24.0.